The SMILES string of the molecule is CC(=O)c1cccc(NC(=O)C(C)N(C)CC(O)C2CC2)c1. The Bertz CT molecular complexity index is 555. The number of aliphatic hydroxyl groups excluding tert-OH is 1. The molecule has 2 N–H and O–H groups in total. The molecule has 22 heavy (non-hydrogen) atoms. The van der Waals surface area contributed by atoms with Crippen LogP contribution >= 0.6 is 0 Å². The van der Waals surface area contributed by atoms with Gasteiger partial charge in [0.1, 0.15) is 0 Å². The molecule has 1 saturated carbocycles. The van der Waals surface area contributed by atoms with Crippen molar-refractivity contribution < 1.29 is 14.7 Å². The lowest BCUT2D eigenvalue weighted by Gasteiger charge is -2.26. The van der Waals surface area contributed by atoms with Crippen LogP contribution in [-0.2, 0) is 4.79 Å². The number of anilines is 1. The number of hydrogen-bond donors (Lipinski definition) is 2. The molecule has 0 heterocycles. The predicted molar refractivity (Wildman–Crippen MR) is 85.9 cm³/mol. The number of benzene rings is 1. The van der Waals surface area contributed by atoms with E-state index in [1.807, 2.05) is 18.9 Å². The van der Waals surface area contributed by atoms with Gasteiger partial charge in [0.2, 0.25) is 5.91 Å². The van der Waals surface area contributed by atoms with E-state index < -0.39 is 0 Å². The van der Waals surface area contributed by atoms with Crippen molar-refractivity contribution >= 4 is 17.4 Å². The molecule has 0 saturated heterocycles. The molecule has 2 unspecified atom stereocenters. The molecule has 1 fully saturated rings. The maximum atomic E-state index is 12.3. The first-order valence-corrected chi connectivity index (χ1v) is 7.68. The van der Waals surface area contributed by atoms with E-state index in [2.05, 4.69) is 5.32 Å². The second-order valence-corrected chi connectivity index (χ2v) is 6.15. The zero-order valence-electron chi connectivity index (χ0n) is 13.4. The first kappa shape index (κ1) is 16.6. The number of rotatable bonds is 7. The highest BCUT2D eigenvalue weighted by Gasteiger charge is 2.31. The molecule has 5 heteroatoms. The summed E-state index contributed by atoms with van der Waals surface area (Å²) < 4.78 is 0. The molecule has 1 aliphatic rings. The van der Waals surface area contributed by atoms with E-state index in [9.17, 15) is 14.7 Å². The Labute approximate surface area is 131 Å². The largest absolute Gasteiger partial charge is 0.392 e. The van der Waals surface area contributed by atoms with Gasteiger partial charge in [0.15, 0.2) is 5.78 Å². The summed E-state index contributed by atoms with van der Waals surface area (Å²) in [6.45, 7) is 3.80. The fraction of sp³-hybridized carbons (Fsp3) is 0.529. The maximum Gasteiger partial charge on any atom is 0.241 e. The van der Waals surface area contributed by atoms with E-state index in [4.69, 9.17) is 0 Å². The summed E-state index contributed by atoms with van der Waals surface area (Å²) in [5.74, 6) is 0.213. The highest BCUT2D eigenvalue weighted by Crippen LogP contribution is 2.32. The third kappa shape index (κ3) is 4.39. The molecule has 5 nitrogen and oxygen atoms in total. The number of hydrogen-bond acceptors (Lipinski definition) is 4. The second-order valence-electron chi connectivity index (χ2n) is 6.15. The van der Waals surface area contributed by atoms with Crippen molar-refractivity contribution in [1.82, 2.24) is 4.90 Å². The van der Waals surface area contributed by atoms with Crippen LogP contribution < -0.4 is 5.32 Å². The minimum absolute atomic E-state index is 0.0335. The lowest BCUT2D eigenvalue weighted by Crippen LogP contribution is -2.43. The smallest absolute Gasteiger partial charge is 0.241 e. The molecule has 0 spiro atoms. The first-order chi connectivity index (χ1) is 10.4. The van der Waals surface area contributed by atoms with Gasteiger partial charge in [-0.3, -0.25) is 14.5 Å². The normalized spacial score (nSPS) is 17.1. The van der Waals surface area contributed by atoms with Crippen molar-refractivity contribution in [3.63, 3.8) is 0 Å². The number of nitrogens with one attached hydrogen (secondary N) is 1. The molecule has 1 aliphatic carbocycles. The molecular weight excluding hydrogens is 280 g/mol. The van der Waals surface area contributed by atoms with Crippen molar-refractivity contribution in [3.8, 4) is 0 Å². The number of amides is 1. The van der Waals surface area contributed by atoms with E-state index in [0.717, 1.165) is 12.8 Å². The van der Waals surface area contributed by atoms with Gasteiger partial charge in [-0.05, 0) is 51.8 Å². The zero-order valence-corrected chi connectivity index (χ0v) is 13.4. The van der Waals surface area contributed by atoms with Gasteiger partial charge in [0.05, 0.1) is 12.1 Å². The van der Waals surface area contributed by atoms with Gasteiger partial charge in [-0.15, -0.1) is 0 Å². The van der Waals surface area contributed by atoms with Crippen LogP contribution in [0.15, 0.2) is 24.3 Å². The number of Topliss-reactive ketones (excluding diaryl/α,β-unsaturated/α-hetero) is 1. The van der Waals surface area contributed by atoms with Crippen LogP contribution in [0.2, 0.25) is 0 Å². The van der Waals surface area contributed by atoms with Crippen molar-refractivity contribution in [3.05, 3.63) is 29.8 Å². The number of nitrogens with zero attached hydrogens (tertiary/aromatic N) is 1. The molecule has 120 valence electrons. The van der Waals surface area contributed by atoms with Crippen LogP contribution in [0.25, 0.3) is 0 Å². The molecule has 0 aromatic heterocycles. The maximum absolute atomic E-state index is 12.3. The molecule has 1 aromatic carbocycles. The third-order valence-corrected chi connectivity index (χ3v) is 4.22. The van der Waals surface area contributed by atoms with Gasteiger partial charge >= 0.3 is 0 Å². The van der Waals surface area contributed by atoms with Crippen LogP contribution in [0.4, 0.5) is 5.69 Å². The quantitative estimate of drug-likeness (QED) is 0.755. The summed E-state index contributed by atoms with van der Waals surface area (Å²) in [6, 6.07) is 6.55. The Kier molecular flexibility index (Phi) is 5.32. The van der Waals surface area contributed by atoms with Gasteiger partial charge in [-0.1, -0.05) is 12.1 Å². The number of aliphatic hydroxyl groups is 1. The van der Waals surface area contributed by atoms with E-state index in [1.54, 1.807) is 24.3 Å². The van der Waals surface area contributed by atoms with Gasteiger partial charge in [0, 0.05) is 17.8 Å². The summed E-state index contributed by atoms with van der Waals surface area (Å²) >= 11 is 0. The monoisotopic (exact) mass is 304 g/mol. The van der Waals surface area contributed by atoms with E-state index >= 15 is 0 Å². The van der Waals surface area contributed by atoms with E-state index in [-0.39, 0.29) is 23.8 Å². The summed E-state index contributed by atoms with van der Waals surface area (Å²) in [5.41, 5.74) is 1.18. The van der Waals surface area contributed by atoms with Crippen LogP contribution in [0.1, 0.15) is 37.0 Å². The fourth-order valence-electron chi connectivity index (χ4n) is 2.35. The van der Waals surface area contributed by atoms with Crippen LogP contribution in [0.5, 0.6) is 0 Å². The Hall–Kier alpha value is -1.72. The Morgan fingerprint density at radius 3 is 2.68 bits per heavy atom. The Morgan fingerprint density at radius 2 is 2.09 bits per heavy atom. The standard InChI is InChI=1S/C17H24N2O3/c1-11(19(3)10-16(21)13-7-8-13)17(22)18-15-6-4-5-14(9-15)12(2)20/h4-6,9,11,13,16,21H,7-8,10H2,1-3H3,(H,18,22). The van der Waals surface area contributed by atoms with Gasteiger partial charge in [0.25, 0.3) is 0 Å². The number of carbonyl (C=O) groups is 2. The lowest BCUT2D eigenvalue weighted by molar-refractivity contribution is -0.120. The van der Waals surface area contributed by atoms with E-state index in [0.29, 0.717) is 23.7 Å². The van der Waals surface area contributed by atoms with Gasteiger partial charge < -0.3 is 10.4 Å². The molecule has 1 aromatic rings. The fourth-order valence-corrected chi connectivity index (χ4v) is 2.35. The number of ketones is 1. The molecule has 0 bridgehead atoms. The lowest BCUT2D eigenvalue weighted by atomic mass is 10.1. The minimum Gasteiger partial charge on any atom is -0.392 e. The summed E-state index contributed by atoms with van der Waals surface area (Å²) in [7, 11) is 1.84. The van der Waals surface area contributed by atoms with Crippen LogP contribution in [-0.4, -0.2) is 47.4 Å². The minimum atomic E-state index is -0.360. The first-order valence-electron chi connectivity index (χ1n) is 7.68. The summed E-state index contributed by atoms with van der Waals surface area (Å²) in [6.07, 6.45) is 1.79. The van der Waals surface area contributed by atoms with Crippen LogP contribution in [0, 0.1) is 5.92 Å². The molecule has 2 rings (SSSR count). The van der Waals surface area contributed by atoms with Crippen LogP contribution in [0.3, 0.4) is 0 Å². The summed E-state index contributed by atoms with van der Waals surface area (Å²) in [4.78, 5) is 25.5. The van der Waals surface area contributed by atoms with Gasteiger partial charge in [-0.25, -0.2) is 0 Å². The molecule has 0 radical (unpaired) electrons. The zero-order chi connectivity index (χ0) is 16.3. The number of likely N-dealkylation sites (N-methyl/N-ethyl adjacent to an activating group) is 1. The van der Waals surface area contributed by atoms with E-state index in [1.165, 1.54) is 6.92 Å². The molecule has 1 amide bonds. The predicted octanol–water partition coefficient (Wildman–Crippen LogP) is 1.92. The summed E-state index contributed by atoms with van der Waals surface area (Å²) in [5, 5.41) is 12.8. The van der Waals surface area contributed by atoms with Crippen molar-refractivity contribution in [2.45, 2.75) is 38.8 Å². The Morgan fingerprint density at radius 1 is 1.41 bits per heavy atom. The highest BCUT2D eigenvalue weighted by molar-refractivity contribution is 5.98. The van der Waals surface area contributed by atoms with Crippen molar-refractivity contribution in [2.75, 3.05) is 18.9 Å². The van der Waals surface area contributed by atoms with Gasteiger partial charge in [-0.2, -0.15) is 0 Å². The molecule has 0 aliphatic heterocycles. The Balaban J connectivity index is 1.92. The molecular formula is C17H24N2O3. The molecule has 2 atom stereocenters. The highest BCUT2D eigenvalue weighted by atomic mass is 16.3. The average molecular weight is 304 g/mol. The van der Waals surface area contributed by atoms with Crippen molar-refractivity contribution in [2.24, 2.45) is 5.92 Å². The average Bonchev–Trinajstić information content (AvgIpc) is 3.31. The van der Waals surface area contributed by atoms with Crippen molar-refractivity contribution in [1.29, 1.82) is 0 Å². The second kappa shape index (κ2) is 7.03. The topological polar surface area (TPSA) is 69.6 Å². The third-order valence-electron chi connectivity index (χ3n) is 4.22. The number of carbonyl (C=O) groups excluding carboxylic acids is 2.